The van der Waals surface area contributed by atoms with Crippen LogP contribution in [0.15, 0.2) is 46.5 Å². The molecular formula is C16H18FNS. The van der Waals surface area contributed by atoms with Gasteiger partial charge >= 0.3 is 0 Å². The van der Waals surface area contributed by atoms with E-state index in [1.165, 1.54) is 0 Å². The third kappa shape index (κ3) is 4.50. The minimum absolute atomic E-state index is 0.228. The fraction of sp³-hybridized carbons (Fsp3) is 0.250. The molecule has 0 radical (unpaired) electrons. The lowest BCUT2D eigenvalue weighted by Crippen LogP contribution is -1.99. The van der Waals surface area contributed by atoms with Crippen LogP contribution in [0.25, 0.3) is 0 Å². The number of hydrogen-bond acceptors (Lipinski definition) is 2. The van der Waals surface area contributed by atoms with Gasteiger partial charge in [-0.25, -0.2) is 0 Å². The van der Waals surface area contributed by atoms with Crippen LogP contribution in [-0.2, 0) is 0 Å². The standard InChI is InChI=1S/C16H18FNS/c1-4-6-16(18)13(5-2)8-9-14-11-15(19-17)10-7-12(14)3/h5-7,10-11H,4,18H2,1-3H3/b13-5-,16-6+. The molecule has 1 aromatic rings. The van der Waals surface area contributed by atoms with Gasteiger partial charge in [0.2, 0.25) is 0 Å². The van der Waals surface area contributed by atoms with Crippen LogP contribution in [0.2, 0.25) is 0 Å². The van der Waals surface area contributed by atoms with Gasteiger partial charge < -0.3 is 5.73 Å². The molecule has 0 heterocycles. The lowest BCUT2D eigenvalue weighted by molar-refractivity contribution is 0.934. The number of allylic oxidation sites excluding steroid dienone is 3. The molecule has 0 bridgehead atoms. The van der Waals surface area contributed by atoms with Crippen molar-refractivity contribution in [3.63, 3.8) is 0 Å². The molecule has 0 unspecified atom stereocenters. The van der Waals surface area contributed by atoms with Crippen LogP contribution in [0.3, 0.4) is 0 Å². The lowest BCUT2D eigenvalue weighted by atomic mass is 10.1. The van der Waals surface area contributed by atoms with E-state index in [1.807, 2.05) is 39.0 Å². The van der Waals surface area contributed by atoms with Crippen molar-refractivity contribution in [3.8, 4) is 11.8 Å². The van der Waals surface area contributed by atoms with E-state index in [2.05, 4.69) is 11.8 Å². The molecule has 0 spiro atoms. The maximum Gasteiger partial charge on any atom is 0.0812 e. The molecule has 1 aromatic carbocycles. The van der Waals surface area contributed by atoms with Crippen LogP contribution < -0.4 is 5.73 Å². The molecule has 0 aliphatic heterocycles. The molecule has 0 amide bonds. The zero-order valence-corrected chi connectivity index (χ0v) is 12.3. The Hall–Kier alpha value is -1.66. The highest BCUT2D eigenvalue weighted by Crippen LogP contribution is 2.21. The number of hydrogen-bond donors (Lipinski definition) is 1. The van der Waals surface area contributed by atoms with Gasteiger partial charge in [-0.05, 0) is 38.0 Å². The lowest BCUT2D eigenvalue weighted by Gasteiger charge is -2.01. The summed E-state index contributed by atoms with van der Waals surface area (Å²) in [5, 5.41) is 0. The van der Waals surface area contributed by atoms with Gasteiger partial charge in [0.1, 0.15) is 0 Å². The Bertz CT molecular complexity index is 562. The summed E-state index contributed by atoms with van der Waals surface area (Å²) < 4.78 is 12.6. The van der Waals surface area contributed by atoms with Crippen molar-refractivity contribution in [2.75, 3.05) is 0 Å². The van der Waals surface area contributed by atoms with Gasteiger partial charge in [-0.2, -0.15) is 3.89 Å². The van der Waals surface area contributed by atoms with Crippen molar-refractivity contribution in [3.05, 3.63) is 52.7 Å². The van der Waals surface area contributed by atoms with Crippen LogP contribution in [0.4, 0.5) is 3.89 Å². The van der Waals surface area contributed by atoms with E-state index in [9.17, 15) is 3.89 Å². The van der Waals surface area contributed by atoms with Gasteiger partial charge in [0.05, 0.1) is 12.1 Å². The third-order valence-electron chi connectivity index (χ3n) is 2.65. The largest absolute Gasteiger partial charge is 0.398 e. The number of rotatable bonds is 3. The van der Waals surface area contributed by atoms with Gasteiger partial charge in [0.25, 0.3) is 0 Å². The molecular weight excluding hydrogens is 257 g/mol. The molecule has 0 saturated heterocycles. The summed E-state index contributed by atoms with van der Waals surface area (Å²) in [6.07, 6.45) is 4.69. The summed E-state index contributed by atoms with van der Waals surface area (Å²) in [5.41, 5.74) is 9.27. The Morgan fingerprint density at radius 1 is 1.47 bits per heavy atom. The SMILES string of the molecule is C/C=C(C#Cc1cc(SF)ccc1C)\C(N)=C/CC. The molecule has 0 atom stereocenters. The summed E-state index contributed by atoms with van der Waals surface area (Å²) in [6.45, 7) is 5.89. The van der Waals surface area contributed by atoms with Crippen molar-refractivity contribution >= 4 is 12.1 Å². The van der Waals surface area contributed by atoms with Crippen molar-refractivity contribution in [1.29, 1.82) is 0 Å². The first-order valence-electron chi connectivity index (χ1n) is 6.16. The molecule has 0 fully saturated rings. The van der Waals surface area contributed by atoms with E-state index >= 15 is 0 Å². The van der Waals surface area contributed by atoms with E-state index in [-0.39, 0.29) is 12.1 Å². The van der Waals surface area contributed by atoms with E-state index < -0.39 is 0 Å². The van der Waals surface area contributed by atoms with Crippen LogP contribution >= 0.6 is 12.1 Å². The van der Waals surface area contributed by atoms with E-state index in [4.69, 9.17) is 5.73 Å². The van der Waals surface area contributed by atoms with Gasteiger partial charge in [-0.3, -0.25) is 0 Å². The Balaban J connectivity index is 3.09. The molecule has 3 heteroatoms. The fourth-order valence-electron chi connectivity index (χ4n) is 1.56. The monoisotopic (exact) mass is 275 g/mol. The van der Waals surface area contributed by atoms with Crippen molar-refractivity contribution < 1.29 is 3.89 Å². The first-order chi connectivity index (χ1) is 9.12. The highest BCUT2D eigenvalue weighted by atomic mass is 32.2. The predicted octanol–water partition coefficient (Wildman–Crippen LogP) is 4.52. The van der Waals surface area contributed by atoms with Gasteiger partial charge in [0, 0.05) is 21.7 Å². The summed E-state index contributed by atoms with van der Waals surface area (Å²) in [7, 11) is 0. The van der Waals surface area contributed by atoms with Gasteiger partial charge in [-0.15, -0.1) is 0 Å². The predicted molar refractivity (Wildman–Crippen MR) is 81.3 cm³/mol. The fourth-order valence-corrected chi connectivity index (χ4v) is 1.84. The summed E-state index contributed by atoms with van der Waals surface area (Å²) in [6, 6.07) is 5.36. The van der Waals surface area contributed by atoms with Crippen LogP contribution in [-0.4, -0.2) is 0 Å². The van der Waals surface area contributed by atoms with Crippen molar-refractivity contribution in [1.82, 2.24) is 0 Å². The highest BCUT2D eigenvalue weighted by Gasteiger charge is 1.99. The number of aryl methyl sites for hydroxylation is 1. The Morgan fingerprint density at radius 2 is 2.21 bits per heavy atom. The average Bonchev–Trinajstić information content (AvgIpc) is 2.41. The van der Waals surface area contributed by atoms with Crippen molar-refractivity contribution in [2.45, 2.75) is 32.1 Å². The Labute approximate surface area is 119 Å². The number of nitrogens with two attached hydrogens (primary N) is 1. The molecule has 1 nitrogen and oxygen atoms in total. The average molecular weight is 275 g/mol. The number of halogens is 1. The highest BCUT2D eigenvalue weighted by molar-refractivity contribution is 7.94. The minimum Gasteiger partial charge on any atom is -0.398 e. The van der Waals surface area contributed by atoms with Crippen LogP contribution in [0.1, 0.15) is 31.4 Å². The maximum absolute atomic E-state index is 12.6. The van der Waals surface area contributed by atoms with E-state index in [0.29, 0.717) is 10.6 Å². The molecule has 1 rings (SSSR count). The van der Waals surface area contributed by atoms with Gasteiger partial charge in [0.15, 0.2) is 0 Å². The molecule has 0 aliphatic carbocycles. The van der Waals surface area contributed by atoms with E-state index in [1.54, 1.807) is 12.1 Å². The Kier molecular flexibility index (Phi) is 6.24. The molecule has 0 aromatic heterocycles. The quantitative estimate of drug-likeness (QED) is 0.648. The van der Waals surface area contributed by atoms with Crippen molar-refractivity contribution in [2.24, 2.45) is 5.73 Å². The molecule has 0 saturated carbocycles. The first-order valence-corrected chi connectivity index (χ1v) is 6.87. The summed E-state index contributed by atoms with van der Waals surface area (Å²) in [5.74, 6) is 6.11. The maximum atomic E-state index is 12.6. The first kappa shape index (κ1) is 15.4. The second-order valence-electron chi connectivity index (χ2n) is 4.07. The van der Waals surface area contributed by atoms with Gasteiger partial charge in [-0.1, -0.05) is 37.0 Å². The molecule has 19 heavy (non-hydrogen) atoms. The zero-order valence-electron chi connectivity index (χ0n) is 11.5. The third-order valence-corrected chi connectivity index (χ3v) is 3.09. The summed E-state index contributed by atoms with van der Waals surface area (Å²) >= 11 is 0.228. The molecule has 100 valence electrons. The topological polar surface area (TPSA) is 26.0 Å². The smallest absolute Gasteiger partial charge is 0.0812 e. The normalized spacial score (nSPS) is 12.0. The van der Waals surface area contributed by atoms with Crippen LogP contribution in [0.5, 0.6) is 0 Å². The molecule has 2 N–H and O–H groups in total. The second kappa shape index (κ2) is 7.70. The summed E-state index contributed by atoms with van der Waals surface area (Å²) in [4.78, 5) is 0.564. The molecule has 0 aliphatic rings. The van der Waals surface area contributed by atoms with E-state index in [0.717, 1.165) is 23.1 Å². The Morgan fingerprint density at radius 3 is 2.79 bits per heavy atom. The minimum atomic E-state index is 0.228. The van der Waals surface area contributed by atoms with Crippen LogP contribution in [0, 0.1) is 18.8 Å². The number of benzene rings is 1. The zero-order chi connectivity index (χ0) is 14.3. The second-order valence-corrected chi connectivity index (χ2v) is 4.70.